The SMILES string of the molecule is COCCOCCCn1cc(CNC2CC2)c(C)n1. The highest BCUT2D eigenvalue weighted by Gasteiger charge is 2.20. The average Bonchev–Trinajstić information content (AvgIpc) is 3.16. The number of aromatic nitrogens is 2. The molecular weight excluding hydrogens is 242 g/mol. The molecule has 1 N–H and O–H groups in total. The number of aryl methyl sites for hydroxylation is 2. The first-order chi connectivity index (χ1) is 9.29. The van der Waals surface area contributed by atoms with Crippen LogP contribution in [0.4, 0.5) is 0 Å². The minimum atomic E-state index is 0.665. The van der Waals surface area contributed by atoms with E-state index in [1.165, 1.54) is 18.4 Å². The molecule has 5 heteroatoms. The van der Waals surface area contributed by atoms with Crippen molar-refractivity contribution in [2.45, 2.75) is 45.3 Å². The summed E-state index contributed by atoms with van der Waals surface area (Å²) < 4.78 is 12.4. The van der Waals surface area contributed by atoms with Crippen molar-refractivity contribution in [1.29, 1.82) is 0 Å². The maximum atomic E-state index is 5.44. The standard InChI is InChI=1S/C14H25N3O2/c1-12-13(10-15-14-4-5-14)11-17(16-12)6-3-7-19-9-8-18-2/h11,14-15H,3-10H2,1-2H3. The third kappa shape index (κ3) is 5.30. The van der Waals surface area contributed by atoms with Crippen molar-refractivity contribution in [1.82, 2.24) is 15.1 Å². The Bertz CT molecular complexity index is 375. The monoisotopic (exact) mass is 267 g/mol. The number of hydrogen-bond donors (Lipinski definition) is 1. The third-order valence-electron chi connectivity index (χ3n) is 3.31. The van der Waals surface area contributed by atoms with Gasteiger partial charge >= 0.3 is 0 Å². The molecule has 0 saturated heterocycles. The largest absolute Gasteiger partial charge is 0.382 e. The molecule has 1 aliphatic rings. The Balaban J connectivity index is 1.64. The molecule has 1 heterocycles. The van der Waals surface area contributed by atoms with E-state index in [1.807, 2.05) is 4.68 Å². The smallest absolute Gasteiger partial charge is 0.0700 e. The van der Waals surface area contributed by atoms with Crippen LogP contribution in [0.3, 0.4) is 0 Å². The van der Waals surface area contributed by atoms with Crippen LogP contribution in [0.5, 0.6) is 0 Å². The van der Waals surface area contributed by atoms with Crippen molar-refractivity contribution >= 4 is 0 Å². The Morgan fingerprint density at radius 3 is 2.95 bits per heavy atom. The third-order valence-corrected chi connectivity index (χ3v) is 3.31. The number of nitrogens with zero attached hydrogens (tertiary/aromatic N) is 2. The summed E-state index contributed by atoms with van der Waals surface area (Å²) in [6.07, 6.45) is 5.79. The van der Waals surface area contributed by atoms with Crippen LogP contribution in [-0.4, -0.2) is 42.8 Å². The average molecular weight is 267 g/mol. The maximum absolute atomic E-state index is 5.44. The predicted octanol–water partition coefficient (Wildman–Crippen LogP) is 1.50. The maximum Gasteiger partial charge on any atom is 0.0700 e. The summed E-state index contributed by atoms with van der Waals surface area (Å²) in [5.74, 6) is 0. The molecule has 0 unspecified atom stereocenters. The molecule has 108 valence electrons. The minimum absolute atomic E-state index is 0.665. The molecule has 0 bridgehead atoms. The molecular formula is C14H25N3O2. The van der Waals surface area contributed by atoms with Crippen molar-refractivity contribution in [2.75, 3.05) is 26.9 Å². The lowest BCUT2D eigenvalue weighted by molar-refractivity contribution is 0.0677. The van der Waals surface area contributed by atoms with Crippen LogP contribution in [0.1, 0.15) is 30.5 Å². The highest BCUT2D eigenvalue weighted by atomic mass is 16.5. The Hall–Kier alpha value is -0.910. The number of methoxy groups -OCH3 is 1. The molecule has 1 aromatic rings. The minimum Gasteiger partial charge on any atom is -0.382 e. The Morgan fingerprint density at radius 2 is 2.21 bits per heavy atom. The summed E-state index contributed by atoms with van der Waals surface area (Å²) in [6, 6.07) is 0.747. The van der Waals surface area contributed by atoms with E-state index in [1.54, 1.807) is 7.11 Å². The van der Waals surface area contributed by atoms with E-state index in [0.29, 0.717) is 13.2 Å². The number of nitrogens with one attached hydrogen (secondary N) is 1. The summed E-state index contributed by atoms with van der Waals surface area (Å²) in [5, 5.41) is 8.06. The first-order valence-corrected chi connectivity index (χ1v) is 7.12. The van der Waals surface area contributed by atoms with E-state index in [4.69, 9.17) is 9.47 Å². The summed E-state index contributed by atoms with van der Waals surface area (Å²) in [5.41, 5.74) is 2.45. The predicted molar refractivity (Wildman–Crippen MR) is 74.1 cm³/mol. The van der Waals surface area contributed by atoms with Crippen molar-refractivity contribution in [2.24, 2.45) is 0 Å². The van der Waals surface area contributed by atoms with Gasteiger partial charge in [-0.05, 0) is 26.2 Å². The fraction of sp³-hybridized carbons (Fsp3) is 0.786. The van der Waals surface area contributed by atoms with E-state index in [2.05, 4.69) is 23.5 Å². The van der Waals surface area contributed by atoms with E-state index in [-0.39, 0.29) is 0 Å². The van der Waals surface area contributed by atoms with Crippen LogP contribution >= 0.6 is 0 Å². The topological polar surface area (TPSA) is 48.3 Å². The van der Waals surface area contributed by atoms with Crippen molar-refractivity contribution < 1.29 is 9.47 Å². The molecule has 1 aromatic heterocycles. The molecule has 0 amide bonds. The van der Waals surface area contributed by atoms with Gasteiger partial charge in [0.05, 0.1) is 18.9 Å². The molecule has 0 atom stereocenters. The Kier molecular flexibility index (Phi) is 5.82. The van der Waals surface area contributed by atoms with Gasteiger partial charge in [-0.25, -0.2) is 0 Å². The Labute approximate surface area is 115 Å². The fourth-order valence-corrected chi connectivity index (χ4v) is 1.96. The first kappa shape index (κ1) is 14.5. The number of hydrogen-bond acceptors (Lipinski definition) is 4. The number of rotatable bonds is 10. The Morgan fingerprint density at radius 1 is 1.37 bits per heavy atom. The van der Waals surface area contributed by atoms with Crippen LogP contribution < -0.4 is 5.32 Å². The zero-order valence-electron chi connectivity index (χ0n) is 12.0. The zero-order valence-corrected chi connectivity index (χ0v) is 12.0. The van der Waals surface area contributed by atoms with Gasteiger partial charge in [-0.15, -0.1) is 0 Å². The molecule has 0 aromatic carbocycles. The summed E-state index contributed by atoms with van der Waals surface area (Å²) in [4.78, 5) is 0. The lowest BCUT2D eigenvalue weighted by Crippen LogP contribution is -2.15. The van der Waals surface area contributed by atoms with E-state index in [9.17, 15) is 0 Å². The van der Waals surface area contributed by atoms with Gasteiger partial charge in [-0.3, -0.25) is 4.68 Å². The van der Waals surface area contributed by atoms with E-state index >= 15 is 0 Å². The lowest BCUT2D eigenvalue weighted by atomic mass is 10.2. The highest BCUT2D eigenvalue weighted by molar-refractivity contribution is 5.15. The van der Waals surface area contributed by atoms with Crippen LogP contribution in [0.15, 0.2) is 6.20 Å². The second-order valence-electron chi connectivity index (χ2n) is 5.12. The van der Waals surface area contributed by atoms with Gasteiger partial charge < -0.3 is 14.8 Å². The van der Waals surface area contributed by atoms with Gasteiger partial charge in [0.15, 0.2) is 0 Å². The van der Waals surface area contributed by atoms with Gasteiger partial charge in [0.1, 0.15) is 0 Å². The van der Waals surface area contributed by atoms with Crippen LogP contribution in [0.25, 0.3) is 0 Å². The second-order valence-corrected chi connectivity index (χ2v) is 5.12. The molecule has 1 saturated carbocycles. The summed E-state index contributed by atoms with van der Waals surface area (Å²) in [7, 11) is 1.69. The van der Waals surface area contributed by atoms with Crippen LogP contribution in [-0.2, 0) is 22.6 Å². The highest BCUT2D eigenvalue weighted by Crippen LogP contribution is 2.19. The summed E-state index contributed by atoms with van der Waals surface area (Å²) >= 11 is 0. The zero-order chi connectivity index (χ0) is 13.5. The summed E-state index contributed by atoms with van der Waals surface area (Å²) in [6.45, 7) is 6.04. The molecule has 0 radical (unpaired) electrons. The first-order valence-electron chi connectivity index (χ1n) is 7.12. The van der Waals surface area contributed by atoms with Gasteiger partial charge in [-0.2, -0.15) is 5.10 Å². The fourth-order valence-electron chi connectivity index (χ4n) is 1.96. The van der Waals surface area contributed by atoms with Crippen molar-refractivity contribution in [3.63, 3.8) is 0 Å². The normalized spacial score (nSPS) is 15.1. The molecule has 0 spiro atoms. The van der Waals surface area contributed by atoms with E-state index in [0.717, 1.165) is 37.9 Å². The van der Waals surface area contributed by atoms with Crippen molar-refractivity contribution in [3.8, 4) is 0 Å². The van der Waals surface area contributed by atoms with Crippen LogP contribution in [0, 0.1) is 6.92 Å². The van der Waals surface area contributed by atoms with Gasteiger partial charge in [0.2, 0.25) is 0 Å². The lowest BCUT2D eigenvalue weighted by Gasteiger charge is -2.03. The molecule has 1 fully saturated rings. The number of ether oxygens (including phenoxy) is 2. The van der Waals surface area contributed by atoms with Gasteiger partial charge in [0.25, 0.3) is 0 Å². The van der Waals surface area contributed by atoms with Gasteiger partial charge in [0, 0.05) is 44.6 Å². The van der Waals surface area contributed by atoms with E-state index < -0.39 is 0 Å². The molecule has 5 nitrogen and oxygen atoms in total. The molecule has 0 aliphatic heterocycles. The molecule has 19 heavy (non-hydrogen) atoms. The molecule has 2 rings (SSSR count). The second kappa shape index (κ2) is 7.62. The van der Waals surface area contributed by atoms with Crippen LogP contribution in [0.2, 0.25) is 0 Å². The molecule has 1 aliphatic carbocycles. The van der Waals surface area contributed by atoms with Gasteiger partial charge in [-0.1, -0.05) is 0 Å². The van der Waals surface area contributed by atoms with Crippen molar-refractivity contribution in [3.05, 3.63) is 17.5 Å². The quantitative estimate of drug-likeness (QED) is 0.653.